The Morgan fingerprint density at radius 2 is 2.42 bits per heavy atom. The van der Waals surface area contributed by atoms with Crippen molar-refractivity contribution < 1.29 is 0 Å². The fraction of sp³-hybridized carbons (Fsp3) is 0.714. The number of nitrogens with zero attached hydrogens (tertiary/aromatic N) is 3. The Morgan fingerprint density at radius 1 is 1.50 bits per heavy atom. The third kappa shape index (κ3) is 1.41. The number of alkyl halides is 1. The molecule has 4 nitrogen and oxygen atoms in total. The van der Waals surface area contributed by atoms with Crippen LogP contribution in [0.1, 0.15) is 12.1 Å². The zero-order valence-corrected chi connectivity index (χ0v) is 8.91. The fourth-order valence-corrected chi connectivity index (χ4v) is 2.11. The van der Waals surface area contributed by atoms with Crippen molar-refractivity contribution in [2.75, 3.05) is 22.4 Å². The Balaban J connectivity index is 2.19. The molecule has 0 bridgehead atoms. The maximum absolute atomic E-state index is 4.14. The summed E-state index contributed by atoms with van der Waals surface area (Å²) >= 11 is 2.39. The van der Waals surface area contributed by atoms with Gasteiger partial charge in [0, 0.05) is 17.5 Å². The zero-order chi connectivity index (χ0) is 8.39. The van der Waals surface area contributed by atoms with Crippen LogP contribution < -0.4 is 4.90 Å². The van der Waals surface area contributed by atoms with Crippen LogP contribution in [-0.4, -0.2) is 32.9 Å². The van der Waals surface area contributed by atoms with Crippen LogP contribution in [0.5, 0.6) is 0 Å². The zero-order valence-electron chi connectivity index (χ0n) is 6.76. The molecular weight excluding hydrogens is 267 g/mol. The molecule has 0 spiro atoms. The monoisotopic (exact) mass is 278 g/mol. The van der Waals surface area contributed by atoms with E-state index in [0.29, 0.717) is 0 Å². The first-order valence-corrected chi connectivity index (χ1v) is 5.65. The molecule has 0 saturated heterocycles. The van der Waals surface area contributed by atoms with E-state index >= 15 is 0 Å². The molecule has 1 aliphatic rings. The summed E-state index contributed by atoms with van der Waals surface area (Å²) in [5.74, 6) is 1.07. The summed E-state index contributed by atoms with van der Waals surface area (Å²) in [5, 5.41) is 10.9. The molecule has 0 unspecified atom stereocenters. The Kier molecular flexibility index (Phi) is 2.48. The van der Waals surface area contributed by atoms with Crippen LogP contribution in [0.4, 0.5) is 5.82 Å². The SMILES string of the molecule is ICCN1CCCc2n[nH]nc21. The summed E-state index contributed by atoms with van der Waals surface area (Å²) in [7, 11) is 0. The van der Waals surface area contributed by atoms with Gasteiger partial charge in [0.15, 0.2) is 5.82 Å². The molecule has 2 heterocycles. The molecular formula is C7H11IN4. The molecule has 0 radical (unpaired) electrons. The minimum absolute atomic E-state index is 1.07. The molecule has 12 heavy (non-hydrogen) atoms. The van der Waals surface area contributed by atoms with Gasteiger partial charge in [-0.25, -0.2) is 0 Å². The van der Waals surface area contributed by atoms with Crippen molar-refractivity contribution in [3.63, 3.8) is 0 Å². The van der Waals surface area contributed by atoms with Gasteiger partial charge in [-0.1, -0.05) is 22.6 Å². The van der Waals surface area contributed by atoms with Gasteiger partial charge in [0.1, 0.15) is 5.69 Å². The largest absolute Gasteiger partial charge is 0.353 e. The molecule has 66 valence electrons. The number of rotatable bonds is 2. The highest BCUT2D eigenvalue weighted by Gasteiger charge is 2.19. The molecule has 5 heteroatoms. The molecule has 1 aliphatic heterocycles. The number of fused-ring (bicyclic) bond motifs is 1. The van der Waals surface area contributed by atoms with E-state index in [2.05, 4.69) is 42.9 Å². The van der Waals surface area contributed by atoms with E-state index in [1.54, 1.807) is 0 Å². The van der Waals surface area contributed by atoms with Gasteiger partial charge in [0.05, 0.1) is 0 Å². The summed E-state index contributed by atoms with van der Waals surface area (Å²) in [5.41, 5.74) is 1.13. The fourth-order valence-electron chi connectivity index (χ4n) is 1.53. The summed E-state index contributed by atoms with van der Waals surface area (Å²) in [6, 6.07) is 0. The van der Waals surface area contributed by atoms with Crippen molar-refractivity contribution in [3.8, 4) is 0 Å². The molecule has 1 aromatic heterocycles. The Labute approximate surface area is 84.9 Å². The standard InChI is InChI=1S/C7H11IN4/c8-3-5-12-4-1-2-6-7(12)10-11-9-6/h1-5H2,(H,9,10,11). The summed E-state index contributed by atoms with van der Waals surface area (Å²) in [6.07, 6.45) is 2.28. The van der Waals surface area contributed by atoms with Crippen LogP contribution in [0.25, 0.3) is 0 Å². The predicted molar refractivity (Wildman–Crippen MR) is 55.8 cm³/mol. The van der Waals surface area contributed by atoms with E-state index in [0.717, 1.165) is 35.4 Å². The molecule has 0 saturated carbocycles. The second kappa shape index (κ2) is 3.59. The van der Waals surface area contributed by atoms with Gasteiger partial charge in [-0.3, -0.25) is 0 Å². The number of aromatic nitrogens is 3. The number of H-pyrrole nitrogens is 1. The summed E-state index contributed by atoms with van der Waals surface area (Å²) in [6.45, 7) is 2.21. The van der Waals surface area contributed by atoms with Crippen molar-refractivity contribution in [2.45, 2.75) is 12.8 Å². The van der Waals surface area contributed by atoms with Gasteiger partial charge in [-0.05, 0) is 12.8 Å². The van der Waals surface area contributed by atoms with Crippen molar-refractivity contribution >= 4 is 28.4 Å². The second-order valence-corrected chi connectivity index (χ2v) is 3.95. The van der Waals surface area contributed by atoms with Crippen LogP contribution in [0.3, 0.4) is 0 Å². The van der Waals surface area contributed by atoms with E-state index in [1.807, 2.05) is 0 Å². The van der Waals surface area contributed by atoms with E-state index < -0.39 is 0 Å². The lowest BCUT2D eigenvalue weighted by atomic mass is 10.1. The number of aromatic amines is 1. The first-order valence-electron chi connectivity index (χ1n) is 4.12. The molecule has 0 amide bonds. The Bertz CT molecular complexity index is 260. The number of aryl methyl sites for hydroxylation is 1. The smallest absolute Gasteiger partial charge is 0.174 e. The summed E-state index contributed by atoms with van der Waals surface area (Å²) < 4.78 is 1.14. The third-order valence-electron chi connectivity index (χ3n) is 2.09. The van der Waals surface area contributed by atoms with Crippen molar-refractivity contribution in [2.24, 2.45) is 0 Å². The maximum Gasteiger partial charge on any atom is 0.174 e. The first kappa shape index (κ1) is 8.28. The van der Waals surface area contributed by atoms with Crippen molar-refractivity contribution in [1.29, 1.82) is 0 Å². The van der Waals surface area contributed by atoms with E-state index in [9.17, 15) is 0 Å². The van der Waals surface area contributed by atoms with Crippen LogP contribution in [-0.2, 0) is 6.42 Å². The average molecular weight is 278 g/mol. The molecule has 0 aliphatic carbocycles. The number of nitrogens with one attached hydrogen (secondary N) is 1. The lowest BCUT2D eigenvalue weighted by Crippen LogP contribution is -2.31. The summed E-state index contributed by atoms with van der Waals surface area (Å²) in [4.78, 5) is 2.30. The molecule has 1 aromatic rings. The van der Waals surface area contributed by atoms with E-state index in [1.165, 1.54) is 6.42 Å². The van der Waals surface area contributed by atoms with Gasteiger partial charge in [-0.15, -0.1) is 5.10 Å². The quantitative estimate of drug-likeness (QED) is 0.648. The van der Waals surface area contributed by atoms with Crippen molar-refractivity contribution in [1.82, 2.24) is 15.4 Å². The lowest BCUT2D eigenvalue weighted by molar-refractivity contribution is 0.697. The van der Waals surface area contributed by atoms with Crippen LogP contribution >= 0.6 is 22.6 Å². The Hall–Kier alpha value is -0.330. The number of hydrogen-bond donors (Lipinski definition) is 1. The van der Waals surface area contributed by atoms with Crippen molar-refractivity contribution in [3.05, 3.63) is 5.69 Å². The topological polar surface area (TPSA) is 44.8 Å². The Morgan fingerprint density at radius 3 is 3.25 bits per heavy atom. The van der Waals surface area contributed by atoms with E-state index in [4.69, 9.17) is 0 Å². The molecule has 0 aromatic carbocycles. The van der Waals surface area contributed by atoms with Gasteiger partial charge in [0.25, 0.3) is 0 Å². The molecule has 1 N–H and O–H groups in total. The van der Waals surface area contributed by atoms with Gasteiger partial charge < -0.3 is 4.90 Å². The predicted octanol–water partition coefficient (Wildman–Crippen LogP) is 0.992. The number of halogens is 1. The first-order chi connectivity index (χ1) is 5.92. The lowest BCUT2D eigenvalue weighted by Gasteiger charge is -2.25. The minimum Gasteiger partial charge on any atom is -0.353 e. The van der Waals surface area contributed by atoms with Gasteiger partial charge in [-0.2, -0.15) is 10.3 Å². The highest BCUT2D eigenvalue weighted by molar-refractivity contribution is 14.1. The second-order valence-electron chi connectivity index (χ2n) is 2.87. The third-order valence-corrected chi connectivity index (χ3v) is 2.58. The minimum atomic E-state index is 1.07. The van der Waals surface area contributed by atoms with E-state index in [-0.39, 0.29) is 0 Å². The average Bonchev–Trinajstić information content (AvgIpc) is 2.53. The molecule has 0 fully saturated rings. The highest BCUT2D eigenvalue weighted by Crippen LogP contribution is 2.21. The molecule has 2 rings (SSSR count). The normalized spacial score (nSPS) is 16.2. The number of hydrogen-bond acceptors (Lipinski definition) is 3. The van der Waals surface area contributed by atoms with Gasteiger partial charge in [0.2, 0.25) is 0 Å². The molecule has 0 atom stereocenters. The van der Waals surface area contributed by atoms with Crippen LogP contribution in [0, 0.1) is 0 Å². The van der Waals surface area contributed by atoms with Crippen LogP contribution in [0.15, 0.2) is 0 Å². The number of anilines is 1. The van der Waals surface area contributed by atoms with Gasteiger partial charge >= 0.3 is 0 Å². The maximum atomic E-state index is 4.14. The van der Waals surface area contributed by atoms with Crippen LogP contribution in [0.2, 0.25) is 0 Å². The highest BCUT2D eigenvalue weighted by atomic mass is 127.